The molecular weight excluding hydrogens is 256 g/mol. The second-order valence-electron chi connectivity index (χ2n) is 4.67. The van der Waals surface area contributed by atoms with Gasteiger partial charge in [-0.25, -0.2) is 4.79 Å². The molecule has 2 atom stereocenters. The largest absolute Gasteiger partial charge is 0.391 e. The lowest BCUT2D eigenvalue weighted by Gasteiger charge is -2.17. The Morgan fingerprint density at radius 1 is 1.25 bits per heavy atom. The second kappa shape index (κ2) is 9.34. The molecule has 5 heteroatoms. The van der Waals surface area contributed by atoms with E-state index < -0.39 is 6.10 Å². The van der Waals surface area contributed by atoms with Crippen LogP contribution in [0, 0.1) is 0 Å². The van der Waals surface area contributed by atoms with Crippen LogP contribution < -0.4 is 10.6 Å². The maximum atomic E-state index is 11.6. The van der Waals surface area contributed by atoms with Crippen molar-refractivity contribution < 1.29 is 14.6 Å². The number of hydrogen-bond acceptors (Lipinski definition) is 3. The van der Waals surface area contributed by atoms with E-state index in [0.717, 1.165) is 12.0 Å². The molecule has 0 aromatic heterocycles. The van der Waals surface area contributed by atoms with Crippen molar-refractivity contribution in [1.82, 2.24) is 10.6 Å². The van der Waals surface area contributed by atoms with E-state index in [1.165, 1.54) is 0 Å². The third-order valence-corrected chi connectivity index (χ3v) is 3.02. The number of nitrogens with one attached hydrogen (secondary N) is 2. The summed E-state index contributed by atoms with van der Waals surface area (Å²) in [6.45, 7) is 2.64. The maximum absolute atomic E-state index is 11.6. The van der Waals surface area contributed by atoms with Gasteiger partial charge in [-0.3, -0.25) is 0 Å². The summed E-state index contributed by atoms with van der Waals surface area (Å²) in [5.74, 6) is 0. The predicted molar refractivity (Wildman–Crippen MR) is 78.5 cm³/mol. The van der Waals surface area contributed by atoms with Crippen LogP contribution in [0.4, 0.5) is 4.79 Å². The van der Waals surface area contributed by atoms with E-state index in [1.807, 2.05) is 37.3 Å². The zero-order chi connectivity index (χ0) is 14.8. The molecule has 0 fully saturated rings. The number of methoxy groups -OCH3 is 1. The van der Waals surface area contributed by atoms with Crippen molar-refractivity contribution in [3.8, 4) is 0 Å². The van der Waals surface area contributed by atoms with Crippen LogP contribution in [0.25, 0.3) is 0 Å². The molecule has 0 radical (unpaired) electrons. The molecule has 1 rings (SSSR count). The Kier molecular flexibility index (Phi) is 7.69. The summed E-state index contributed by atoms with van der Waals surface area (Å²) in [4.78, 5) is 11.6. The summed E-state index contributed by atoms with van der Waals surface area (Å²) in [5, 5.41) is 14.9. The van der Waals surface area contributed by atoms with Crippen molar-refractivity contribution in [2.75, 3.05) is 20.2 Å². The number of carbonyl (C=O) groups is 1. The van der Waals surface area contributed by atoms with Gasteiger partial charge in [0.1, 0.15) is 0 Å². The topological polar surface area (TPSA) is 70.6 Å². The third kappa shape index (κ3) is 6.04. The first kappa shape index (κ1) is 16.5. The first-order valence-electron chi connectivity index (χ1n) is 6.94. The summed E-state index contributed by atoms with van der Waals surface area (Å²) in [5.41, 5.74) is 1.02. The fraction of sp³-hybridized carbons (Fsp3) is 0.533. The van der Waals surface area contributed by atoms with Gasteiger partial charge in [0, 0.05) is 20.2 Å². The van der Waals surface area contributed by atoms with E-state index in [1.54, 1.807) is 7.11 Å². The Bertz CT molecular complexity index is 384. The highest BCUT2D eigenvalue weighted by atomic mass is 16.5. The lowest BCUT2D eigenvalue weighted by atomic mass is 10.1. The molecule has 3 N–H and O–H groups in total. The number of benzene rings is 1. The highest BCUT2D eigenvalue weighted by molar-refractivity contribution is 5.73. The zero-order valence-electron chi connectivity index (χ0n) is 12.1. The average molecular weight is 280 g/mol. The van der Waals surface area contributed by atoms with Gasteiger partial charge in [-0.1, -0.05) is 43.7 Å². The monoisotopic (exact) mass is 280 g/mol. The van der Waals surface area contributed by atoms with Crippen molar-refractivity contribution in [2.24, 2.45) is 0 Å². The van der Waals surface area contributed by atoms with Gasteiger partial charge in [-0.05, 0) is 12.0 Å². The number of rotatable bonds is 8. The summed E-state index contributed by atoms with van der Waals surface area (Å²) in [7, 11) is 1.61. The van der Waals surface area contributed by atoms with Crippen LogP contribution in [0.3, 0.4) is 0 Å². The summed E-state index contributed by atoms with van der Waals surface area (Å²) in [6.07, 6.45) is 0.912. The second-order valence-corrected chi connectivity index (χ2v) is 4.67. The average Bonchev–Trinajstić information content (AvgIpc) is 2.47. The highest BCUT2D eigenvalue weighted by Gasteiger charge is 2.12. The quantitative estimate of drug-likeness (QED) is 0.680. The van der Waals surface area contributed by atoms with E-state index in [-0.39, 0.29) is 18.7 Å². The van der Waals surface area contributed by atoms with Crippen molar-refractivity contribution in [2.45, 2.75) is 32.0 Å². The number of urea groups is 1. The van der Waals surface area contributed by atoms with Crippen molar-refractivity contribution in [1.29, 1.82) is 0 Å². The molecule has 0 spiro atoms. The van der Waals surface area contributed by atoms with E-state index in [4.69, 9.17) is 4.74 Å². The molecule has 1 aromatic carbocycles. The SMILES string of the molecule is CCCC(O)CNC(=O)NCC(OC)c1ccccc1. The molecule has 0 saturated heterocycles. The Hall–Kier alpha value is -1.59. The number of aliphatic hydroxyl groups is 1. The first-order valence-corrected chi connectivity index (χ1v) is 6.94. The molecule has 0 bridgehead atoms. The van der Waals surface area contributed by atoms with Crippen LogP contribution in [0.15, 0.2) is 30.3 Å². The Morgan fingerprint density at radius 3 is 2.50 bits per heavy atom. The number of aliphatic hydroxyl groups excluding tert-OH is 1. The van der Waals surface area contributed by atoms with E-state index in [9.17, 15) is 9.90 Å². The fourth-order valence-corrected chi connectivity index (χ4v) is 1.90. The Labute approximate surface area is 120 Å². The van der Waals surface area contributed by atoms with Crippen LogP contribution in [-0.4, -0.2) is 37.4 Å². The number of ether oxygens (including phenoxy) is 1. The van der Waals surface area contributed by atoms with E-state index in [0.29, 0.717) is 13.0 Å². The summed E-state index contributed by atoms with van der Waals surface area (Å²) in [6, 6.07) is 9.42. The first-order chi connectivity index (χ1) is 9.67. The normalized spacial score (nSPS) is 13.6. The fourth-order valence-electron chi connectivity index (χ4n) is 1.90. The standard InChI is InChI=1S/C15H24N2O3/c1-3-7-13(18)10-16-15(19)17-11-14(20-2)12-8-5-4-6-9-12/h4-6,8-9,13-14,18H,3,7,10-11H2,1-2H3,(H2,16,17,19). The van der Waals surface area contributed by atoms with Crippen LogP contribution in [-0.2, 0) is 4.74 Å². The molecule has 0 aliphatic rings. The lowest BCUT2D eigenvalue weighted by Crippen LogP contribution is -2.41. The molecule has 112 valence electrons. The molecule has 2 unspecified atom stereocenters. The molecule has 20 heavy (non-hydrogen) atoms. The van der Waals surface area contributed by atoms with Gasteiger partial charge in [-0.15, -0.1) is 0 Å². The van der Waals surface area contributed by atoms with Gasteiger partial charge < -0.3 is 20.5 Å². The smallest absolute Gasteiger partial charge is 0.314 e. The van der Waals surface area contributed by atoms with E-state index in [2.05, 4.69) is 10.6 Å². The molecule has 2 amide bonds. The van der Waals surface area contributed by atoms with Crippen molar-refractivity contribution in [3.63, 3.8) is 0 Å². The van der Waals surface area contributed by atoms with Crippen LogP contribution >= 0.6 is 0 Å². The van der Waals surface area contributed by atoms with Gasteiger partial charge in [0.25, 0.3) is 0 Å². The van der Waals surface area contributed by atoms with Gasteiger partial charge in [0.2, 0.25) is 0 Å². The van der Waals surface area contributed by atoms with Crippen LogP contribution in [0.5, 0.6) is 0 Å². The minimum absolute atomic E-state index is 0.178. The van der Waals surface area contributed by atoms with Gasteiger partial charge >= 0.3 is 6.03 Å². The Morgan fingerprint density at radius 2 is 1.90 bits per heavy atom. The van der Waals surface area contributed by atoms with E-state index >= 15 is 0 Å². The number of hydrogen-bond donors (Lipinski definition) is 3. The summed E-state index contributed by atoms with van der Waals surface area (Å²) < 4.78 is 5.36. The molecule has 0 aliphatic carbocycles. The molecular formula is C15H24N2O3. The molecule has 1 aromatic rings. The van der Waals surface area contributed by atoms with Gasteiger partial charge in [0.05, 0.1) is 12.2 Å². The summed E-state index contributed by atoms with van der Waals surface area (Å²) >= 11 is 0. The van der Waals surface area contributed by atoms with Crippen LogP contribution in [0.2, 0.25) is 0 Å². The highest BCUT2D eigenvalue weighted by Crippen LogP contribution is 2.14. The zero-order valence-corrected chi connectivity index (χ0v) is 12.1. The molecule has 0 heterocycles. The molecule has 0 aliphatic heterocycles. The molecule has 5 nitrogen and oxygen atoms in total. The van der Waals surface area contributed by atoms with Gasteiger partial charge in [0.15, 0.2) is 0 Å². The predicted octanol–water partition coefficient (Wildman–Crippen LogP) is 1.83. The number of carbonyl (C=O) groups excluding carboxylic acids is 1. The minimum atomic E-state index is -0.488. The Balaban J connectivity index is 2.32. The maximum Gasteiger partial charge on any atom is 0.314 e. The van der Waals surface area contributed by atoms with Crippen molar-refractivity contribution in [3.05, 3.63) is 35.9 Å². The van der Waals surface area contributed by atoms with Crippen molar-refractivity contribution >= 4 is 6.03 Å². The van der Waals surface area contributed by atoms with Gasteiger partial charge in [-0.2, -0.15) is 0 Å². The molecule has 0 saturated carbocycles. The number of amides is 2. The van der Waals surface area contributed by atoms with Crippen LogP contribution in [0.1, 0.15) is 31.4 Å². The minimum Gasteiger partial charge on any atom is -0.391 e. The third-order valence-electron chi connectivity index (χ3n) is 3.02. The lowest BCUT2D eigenvalue weighted by molar-refractivity contribution is 0.103.